The second kappa shape index (κ2) is 5.08. The van der Waals surface area contributed by atoms with Gasteiger partial charge < -0.3 is 11.1 Å². The van der Waals surface area contributed by atoms with Gasteiger partial charge in [-0.1, -0.05) is 20.3 Å². The van der Waals surface area contributed by atoms with Crippen molar-refractivity contribution in [3.05, 3.63) is 0 Å². The summed E-state index contributed by atoms with van der Waals surface area (Å²) in [6.07, 6.45) is 7.62. The van der Waals surface area contributed by atoms with E-state index in [2.05, 4.69) is 19.2 Å². The highest BCUT2D eigenvalue weighted by atomic mass is 16.2. The fourth-order valence-electron chi connectivity index (χ4n) is 5.14. The summed E-state index contributed by atoms with van der Waals surface area (Å²) in [4.78, 5) is 12.2. The molecule has 108 valence electrons. The molecule has 5 unspecified atom stereocenters. The lowest BCUT2D eigenvalue weighted by Gasteiger charge is -2.32. The summed E-state index contributed by atoms with van der Waals surface area (Å²) >= 11 is 0. The Bertz CT molecular complexity index is 355. The highest BCUT2D eigenvalue weighted by Crippen LogP contribution is 2.58. The summed E-state index contributed by atoms with van der Waals surface area (Å²) in [5.41, 5.74) is 5.99. The molecule has 0 aromatic rings. The fourth-order valence-corrected chi connectivity index (χ4v) is 5.14. The highest BCUT2D eigenvalue weighted by molar-refractivity contribution is 5.81. The van der Waals surface area contributed by atoms with Crippen LogP contribution < -0.4 is 11.1 Å². The van der Waals surface area contributed by atoms with E-state index in [1.807, 2.05) is 0 Å². The third kappa shape index (κ3) is 2.42. The van der Waals surface area contributed by atoms with Gasteiger partial charge in [0.1, 0.15) is 0 Å². The van der Waals surface area contributed by atoms with Crippen LogP contribution in [0.15, 0.2) is 0 Å². The Hall–Kier alpha value is -0.570. The minimum absolute atomic E-state index is 0.0841. The van der Waals surface area contributed by atoms with Crippen LogP contribution >= 0.6 is 0 Å². The molecule has 3 aliphatic rings. The quantitative estimate of drug-likeness (QED) is 0.818. The number of hydrogen-bond donors (Lipinski definition) is 2. The van der Waals surface area contributed by atoms with Crippen LogP contribution in [0.2, 0.25) is 0 Å². The van der Waals surface area contributed by atoms with Crippen LogP contribution in [0.4, 0.5) is 0 Å². The molecule has 3 nitrogen and oxygen atoms in total. The molecule has 3 aliphatic carbocycles. The van der Waals surface area contributed by atoms with Gasteiger partial charge in [0.2, 0.25) is 5.91 Å². The van der Waals surface area contributed by atoms with Gasteiger partial charge in [-0.3, -0.25) is 4.79 Å². The standard InChI is InChI=1S/C16H28N2O/c1-9(2)6-14(17)16(19)18-15-8-10-7-13(15)12-5-3-4-11(10)12/h9-15H,3-8,17H2,1-2H3,(H,18,19)/t10?,11?,12?,13?,14-,15?/m0/s1. The van der Waals surface area contributed by atoms with E-state index < -0.39 is 0 Å². The molecule has 3 rings (SSSR count). The van der Waals surface area contributed by atoms with Gasteiger partial charge in [-0.05, 0) is 61.7 Å². The highest BCUT2D eigenvalue weighted by Gasteiger charge is 2.54. The van der Waals surface area contributed by atoms with Gasteiger partial charge >= 0.3 is 0 Å². The largest absolute Gasteiger partial charge is 0.352 e. The summed E-state index contributed by atoms with van der Waals surface area (Å²) in [6.45, 7) is 4.24. The zero-order chi connectivity index (χ0) is 13.6. The number of carbonyl (C=O) groups is 1. The minimum atomic E-state index is -0.321. The predicted octanol–water partition coefficient (Wildman–Crippen LogP) is 2.30. The molecule has 0 heterocycles. The van der Waals surface area contributed by atoms with Crippen molar-refractivity contribution in [1.82, 2.24) is 5.32 Å². The lowest BCUT2D eigenvalue weighted by molar-refractivity contribution is -0.124. The fraction of sp³-hybridized carbons (Fsp3) is 0.938. The van der Waals surface area contributed by atoms with Gasteiger partial charge in [0, 0.05) is 6.04 Å². The average molecular weight is 264 g/mol. The molecular weight excluding hydrogens is 236 g/mol. The molecule has 0 aliphatic heterocycles. The second-order valence-electron chi connectivity index (χ2n) is 7.51. The average Bonchev–Trinajstić information content (AvgIpc) is 2.98. The molecule has 19 heavy (non-hydrogen) atoms. The first-order valence-electron chi connectivity index (χ1n) is 8.12. The Balaban J connectivity index is 1.56. The normalized spacial score (nSPS) is 41.6. The van der Waals surface area contributed by atoms with E-state index in [9.17, 15) is 4.79 Å². The zero-order valence-corrected chi connectivity index (χ0v) is 12.3. The van der Waals surface area contributed by atoms with Crippen LogP contribution in [0.5, 0.6) is 0 Å². The summed E-state index contributed by atoms with van der Waals surface area (Å²) in [6, 6.07) is 0.105. The molecule has 3 N–H and O–H groups in total. The maximum atomic E-state index is 12.2. The van der Waals surface area contributed by atoms with Gasteiger partial charge in [0.05, 0.1) is 6.04 Å². The lowest BCUT2D eigenvalue weighted by Crippen LogP contribution is -2.49. The van der Waals surface area contributed by atoms with Crippen LogP contribution in [-0.4, -0.2) is 18.0 Å². The van der Waals surface area contributed by atoms with Crippen LogP contribution in [0.3, 0.4) is 0 Å². The van der Waals surface area contributed by atoms with E-state index in [-0.39, 0.29) is 11.9 Å². The van der Waals surface area contributed by atoms with Crippen LogP contribution in [0.25, 0.3) is 0 Å². The summed E-state index contributed by atoms with van der Waals surface area (Å²) in [7, 11) is 0. The van der Waals surface area contributed by atoms with E-state index in [1.54, 1.807) is 0 Å². The topological polar surface area (TPSA) is 55.1 Å². The van der Waals surface area contributed by atoms with Crippen molar-refractivity contribution in [2.75, 3.05) is 0 Å². The predicted molar refractivity (Wildman–Crippen MR) is 76.4 cm³/mol. The van der Waals surface area contributed by atoms with Crippen LogP contribution in [-0.2, 0) is 4.79 Å². The molecule has 0 saturated heterocycles. The maximum Gasteiger partial charge on any atom is 0.237 e. The molecule has 3 heteroatoms. The SMILES string of the molecule is CC(C)C[C@H](N)C(=O)NC1CC2CC1C1CCCC21. The van der Waals surface area contributed by atoms with Gasteiger partial charge in [0.25, 0.3) is 0 Å². The summed E-state index contributed by atoms with van der Waals surface area (Å²) < 4.78 is 0. The maximum absolute atomic E-state index is 12.2. The summed E-state index contributed by atoms with van der Waals surface area (Å²) in [5, 5.41) is 3.26. The molecule has 6 atom stereocenters. The lowest BCUT2D eigenvalue weighted by atomic mass is 9.79. The number of amides is 1. The van der Waals surface area contributed by atoms with E-state index in [1.165, 1.54) is 32.1 Å². The molecule has 0 radical (unpaired) electrons. The Morgan fingerprint density at radius 1 is 1.21 bits per heavy atom. The van der Waals surface area contributed by atoms with E-state index >= 15 is 0 Å². The van der Waals surface area contributed by atoms with Crippen molar-refractivity contribution < 1.29 is 4.79 Å². The van der Waals surface area contributed by atoms with Gasteiger partial charge in [-0.15, -0.1) is 0 Å². The van der Waals surface area contributed by atoms with Crippen molar-refractivity contribution >= 4 is 5.91 Å². The number of rotatable bonds is 4. The molecule has 0 aromatic heterocycles. The van der Waals surface area contributed by atoms with E-state index in [4.69, 9.17) is 5.73 Å². The Labute approximate surface area is 116 Å². The molecule has 2 bridgehead atoms. The second-order valence-corrected chi connectivity index (χ2v) is 7.51. The summed E-state index contributed by atoms with van der Waals surface area (Å²) in [5.74, 6) is 4.12. The first-order valence-corrected chi connectivity index (χ1v) is 8.12. The van der Waals surface area contributed by atoms with Crippen molar-refractivity contribution in [2.45, 2.75) is 64.5 Å². The number of fused-ring (bicyclic) bond motifs is 5. The van der Waals surface area contributed by atoms with Gasteiger partial charge in [-0.25, -0.2) is 0 Å². The first kappa shape index (κ1) is 13.4. The number of nitrogens with two attached hydrogens (primary N) is 1. The smallest absolute Gasteiger partial charge is 0.237 e. The van der Waals surface area contributed by atoms with Crippen molar-refractivity contribution in [3.8, 4) is 0 Å². The van der Waals surface area contributed by atoms with Crippen LogP contribution in [0, 0.1) is 29.6 Å². The minimum Gasteiger partial charge on any atom is -0.352 e. The molecular formula is C16H28N2O. The number of nitrogens with one attached hydrogen (secondary N) is 1. The molecule has 0 spiro atoms. The van der Waals surface area contributed by atoms with E-state index in [0.29, 0.717) is 12.0 Å². The molecule has 3 fully saturated rings. The van der Waals surface area contributed by atoms with Crippen molar-refractivity contribution in [2.24, 2.45) is 35.3 Å². The van der Waals surface area contributed by atoms with E-state index in [0.717, 1.165) is 30.1 Å². The molecule has 0 aromatic carbocycles. The van der Waals surface area contributed by atoms with Crippen molar-refractivity contribution in [1.29, 1.82) is 0 Å². The van der Waals surface area contributed by atoms with Gasteiger partial charge in [-0.2, -0.15) is 0 Å². The molecule has 3 saturated carbocycles. The van der Waals surface area contributed by atoms with Gasteiger partial charge in [0.15, 0.2) is 0 Å². The molecule has 1 amide bonds. The first-order chi connectivity index (χ1) is 9.06. The monoisotopic (exact) mass is 264 g/mol. The third-order valence-electron chi connectivity index (χ3n) is 5.82. The Kier molecular flexibility index (Phi) is 3.59. The zero-order valence-electron chi connectivity index (χ0n) is 12.3. The van der Waals surface area contributed by atoms with Crippen molar-refractivity contribution in [3.63, 3.8) is 0 Å². The Morgan fingerprint density at radius 3 is 2.68 bits per heavy atom. The number of carbonyl (C=O) groups excluding carboxylic acids is 1. The number of hydrogen-bond acceptors (Lipinski definition) is 2. The third-order valence-corrected chi connectivity index (χ3v) is 5.82. The Morgan fingerprint density at radius 2 is 1.95 bits per heavy atom. The van der Waals surface area contributed by atoms with Crippen LogP contribution in [0.1, 0.15) is 52.4 Å².